The van der Waals surface area contributed by atoms with Crippen LogP contribution in [0.5, 0.6) is 0 Å². The van der Waals surface area contributed by atoms with Crippen molar-refractivity contribution in [3.63, 3.8) is 0 Å². The van der Waals surface area contributed by atoms with Crippen molar-refractivity contribution >= 4 is 23.9 Å². The summed E-state index contributed by atoms with van der Waals surface area (Å²) in [6.07, 6.45) is 4.20. The van der Waals surface area contributed by atoms with Crippen LogP contribution < -0.4 is 24.8 Å². The van der Waals surface area contributed by atoms with Crippen molar-refractivity contribution in [1.29, 1.82) is 0 Å². The SMILES string of the molecule is CCN1C=CN(C)C1.[Cl-].[Cl-].[Sn+2]. The molecular formula is C6H12Cl2N2Sn. The van der Waals surface area contributed by atoms with Crippen LogP contribution in [0.4, 0.5) is 0 Å². The van der Waals surface area contributed by atoms with Crippen molar-refractivity contribution in [2.45, 2.75) is 6.92 Å². The summed E-state index contributed by atoms with van der Waals surface area (Å²) in [4.78, 5) is 4.41. The summed E-state index contributed by atoms with van der Waals surface area (Å²) in [7, 11) is 2.08. The minimum absolute atomic E-state index is 0. The molecule has 64 valence electrons. The first kappa shape index (κ1) is 17.7. The molecule has 1 rings (SSSR count). The van der Waals surface area contributed by atoms with Crippen molar-refractivity contribution in [2.75, 3.05) is 20.3 Å². The Morgan fingerprint density at radius 3 is 2.00 bits per heavy atom. The van der Waals surface area contributed by atoms with Crippen LogP contribution in [-0.2, 0) is 0 Å². The molecule has 0 saturated heterocycles. The third-order valence-corrected chi connectivity index (χ3v) is 1.34. The second kappa shape index (κ2) is 8.81. The second-order valence-corrected chi connectivity index (χ2v) is 2.10. The van der Waals surface area contributed by atoms with E-state index in [2.05, 4.69) is 36.2 Å². The first-order valence-corrected chi connectivity index (χ1v) is 2.95. The van der Waals surface area contributed by atoms with Crippen LogP contribution in [0.3, 0.4) is 0 Å². The van der Waals surface area contributed by atoms with Crippen LogP contribution >= 0.6 is 0 Å². The maximum Gasteiger partial charge on any atom is 2.00 e. The molecule has 0 aliphatic carbocycles. The van der Waals surface area contributed by atoms with Gasteiger partial charge in [0, 0.05) is 26.0 Å². The zero-order chi connectivity index (χ0) is 5.98. The minimum Gasteiger partial charge on any atom is -1.00 e. The molecular weight excluding hydrogens is 290 g/mol. The smallest absolute Gasteiger partial charge is 1.00 e. The largest absolute Gasteiger partial charge is 2.00 e. The summed E-state index contributed by atoms with van der Waals surface area (Å²) in [5.41, 5.74) is 0. The fourth-order valence-electron chi connectivity index (χ4n) is 0.794. The van der Waals surface area contributed by atoms with E-state index < -0.39 is 0 Å². The zero-order valence-electron chi connectivity index (χ0n) is 6.72. The number of hydrogen-bond acceptors (Lipinski definition) is 2. The van der Waals surface area contributed by atoms with Crippen molar-refractivity contribution in [3.8, 4) is 0 Å². The Morgan fingerprint density at radius 1 is 1.27 bits per heavy atom. The van der Waals surface area contributed by atoms with Gasteiger partial charge in [-0.1, -0.05) is 0 Å². The summed E-state index contributed by atoms with van der Waals surface area (Å²) >= 11 is 0. The van der Waals surface area contributed by atoms with E-state index in [0.29, 0.717) is 0 Å². The molecule has 1 heterocycles. The third-order valence-electron chi connectivity index (χ3n) is 1.34. The van der Waals surface area contributed by atoms with Crippen molar-refractivity contribution < 1.29 is 24.8 Å². The van der Waals surface area contributed by atoms with Gasteiger partial charge in [0.15, 0.2) is 0 Å². The Morgan fingerprint density at radius 2 is 1.82 bits per heavy atom. The fraction of sp³-hybridized carbons (Fsp3) is 0.667. The maximum absolute atomic E-state index is 2.25. The summed E-state index contributed by atoms with van der Waals surface area (Å²) in [6, 6.07) is 0. The molecule has 0 aromatic carbocycles. The minimum atomic E-state index is 0. The summed E-state index contributed by atoms with van der Waals surface area (Å²) in [5, 5.41) is 0. The molecule has 0 N–H and O–H groups in total. The van der Waals surface area contributed by atoms with Gasteiger partial charge in [0.2, 0.25) is 0 Å². The molecule has 0 spiro atoms. The van der Waals surface area contributed by atoms with Crippen LogP contribution in [0.25, 0.3) is 0 Å². The van der Waals surface area contributed by atoms with E-state index in [9.17, 15) is 0 Å². The first-order valence-electron chi connectivity index (χ1n) is 2.95. The molecule has 11 heavy (non-hydrogen) atoms. The van der Waals surface area contributed by atoms with Crippen molar-refractivity contribution in [2.24, 2.45) is 0 Å². The number of halogens is 2. The van der Waals surface area contributed by atoms with Gasteiger partial charge in [-0.05, 0) is 6.92 Å². The van der Waals surface area contributed by atoms with Crippen LogP contribution in [-0.4, -0.2) is 54.0 Å². The molecule has 0 aromatic heterocycles. The van der Waals surface area contributed by atoms with E-state index in [0.717, 1.165) is 13.2 Å². The van der Waals surface area contributed by atoms with Crippen LogP contribution in [0.15, 0.2) is 12.4 Å². The first-order chi connectivity index (χ1) is 3.83. The second-order valence-electron chi connectivity index (χ2n) is 2.10. The molecule has 0 unspecified atom stereocenters. The number of rotatable bonds is 1. The summed E-state index contributed by atoms with van der Waals surface area (Å²) in [5.74, 6) is 0. The van der Waals surface area contributed by atoms with Crippen LogP contribution in [0.1, 0.15) is 6.92 Å². The van der Waals surface area contributed by atoms with E-state index >= 15 is 0 Å². The predicted octanol–water partition coefficient (Wildman–Crippen LogP) is -5.69. The normalized spacial score (nSPS) is 13.3. The van der Waals surface area contributed by atoms with E-state index in [-0.39, 0.29) is 48.7 Å². The van der Waals surface area contributed by atoms with E-state index in [1.54, 1.807) is 0 Å². The van der Waals surface area contributed by atoms with E-state index in [1.807, 2.05) is 0 Å². The molecule has 2 nitrogen and oxygen atoms in total. The van der Waals surface area contributed by atoms with Crippen molar-refractivity contribution in [3.05, 3.63) is 12.4 Å². The van der Waals surface area contributed by atoms with Crippen LogP contribution in [0, 0.1) is 0 Å². The van der Waals surface area contributed by atoms with Gasteiger partial charge in [-0.25, -0.2) is 0 Å². The summed E-state index contributed by atoms with van der Waals surface area (Å²) < 4.78 is 0. The van der Waals surface area contributed by atoms with Gasteiger partial charge in [-0.15, -0.1) is 0 Å². The third kappa shape index (κ3) is 5.93. The van der Waals surface area contributed by atoms with Gasteiger partial charge in [0.1, 0.15) is 0 Å². The standard InChI is InChI=1S/C6H12N2.2ClH.Sn/c1-3-8-5-4-7(2)6-8;;;/h4-5H,3,6H2,1-2H3;2*1H;/q;;;+2/p-2. The molecule has 5 heteroatoms. The molecule has 0 saturated carbocycles. The molecule has 0 bridgehead atoms. The molecule has 2 radical (unpaired) electrons. The van der Waals surface area contributed by atoms with E-state index in [1.165, 1.54) is 0 Å². The monoisotopic (exact) mass is 302 g/mol. The maximum atomic E-state index is 2.25. The number of nitrogens with zero attached hydrogens (tertiary/aromatic N) is 2. The van der Waals surface area contributed by atoms with Crippen molar-refractivity contribution in [1.82, 2.24) is 9.80 Å². The molecule has 0 aromatic rings. The summed E-state index contributed by atoms with van der Waals surface area (Å²) in [6.45, 7) is 4.32. The average Bonchev–Trinajstić information content (AvgIpc) is 2.14. The molecule has 0 fully saturated rings. The molecule has 0 amide bonds. The zero-order valence-corrected chi connectivity index (χ0v) is 11.1. The van der Waals surface area contributed by atoms with Gasteiger partial charge >= 0.3 is 23.9 Å². The van der Waals surface area contributed by atoms with Crippen LogP contribution in [0.2, 0.25) is 0 Å². The van der Waals surface area contributed by atoms with Gasteiger partial charge in [-0.2, -0.15) is 0 Å². The topological polar surface area (TPSA) is 6.48 Å². The molecule has 0 atom stereocenters. The van der Waals surface area contributed by atoms with E-state index in [4.69, 9.17) is 0 Å². The van der Waals surface area contributed by atoms with Gasteiger partial charge in [0.05, 0.1) is 6.67 Å². The Balaban J connectivity index is -0.000000213. The molecule has 1 aliphatic rings. The Kier molecular flexibility index (Phi) is 14.2. The fourth-order valence-corrected chi connectivity index (χ4v) is 0.794. The van der Waals surface area contributed by atoms with Gasteiger partial charge in [0.25, 0.3) is 0 Å². The number of hydrogen-bond donors (Lipinski definition) is 0. The Bertz CT molecular complexity index is 111. The average molecular weight is 302 g/mol. The molecule has 1 aliphatic heterocycles. The Labute approximate surface area is 97.8 Å². The van der Waals surface area contributed by atoms with Gasteiger partial charge < -0.3 is 34.6 Å². The Hall–Kier alpha value is 0.719. The predicted molar refractivity (Wildman–Crippen MR) is 39.9 cm³/mol. The quantitative estimate of drug-likeness (QED) is 0.446. The van der Waals surface area contributed by atoms with Gasteiger partial charge in [-0.3, -0.25) is 0 Å².